The maximum absolute atomic E-state index is 13.6. The molecule has 0 aromatic heterocycles. The third-order valence-corrected chi connectivity index (χ3v) is 8.93. The van der Waals surface area contributed by atoms with Gasteiger partial charge in [0.2, 0.25) is 21.8 Å². The van der Waals surface area contributed by atoms with Crippen LogP contribution in [0.2, 0.25) is 0 Å². The summed E-state index contributed by atoms with van der Waals surface area (Å²) in [6.07, 6.45) is 3.52. The van der Waals surface area contributed by atoms with Crippen LogP contribution in [-0.2, 0) is 19.6 Å². The van der Waals surface area contributed by atoms with Crippen LogP contribution in [0.4, 0.5) is 5.69 Å². The zero-order valence-electron chi connectivity index (χ0n) is 21.0. The average Bonchev–Trinajstić information content (AvgIpc) is 3.34. The first-order valence-corrected chi connectivity index (χ1v) is 14.4. The molecule has 1 aromatic carbocycles. The summed E-state index contributed by atoms with van der Waals surface area (Å²) < 4.78 is 25.3. The van der Waals surface area contributed by atoms with Crippen molar-refractivity contribution in [1.82, 2.24) is 19.0 Å². The van der Waals surface area contributed by atoms with Crippen molar-refractivity contribution in [2.45, 2.75) is 31.3 Å². The lowest BCUT2D eigenvalue weighted by Gasteiger charge is -2.37. The molecule has 3 heterocycles. The number of sulfonamides is 1. The summed E-state index contributed by atoms with van der Waals surface area (Å²) in [5, 5.41) is 10.5. The van der Waals surface area contributed by atoms with Crippen molar-refractivity contribution >= 4 is 39.8 Å². The van der Waals surface area contributed by atoms with Crippen molar-refractivity contribution in [2.75, 3.05) is 57.4 Å². The molecule has 3 aliphatic heterocycles. The summed E-state index contributed by atoms with van der Waals surface area (Å²) in [4.78, 5) is 43.6. The van der Waals surface area contributed by atoms with E-state index in [1.807, 2.05) is 0 Å². The van der Waals surface area contributed by atoms with Crippen LogP contribution in [0.25, 0.3) is 0 Å². The van der Waals surface area contributed by atoms with E-state index >= 15 is 0 Å². The maximum atomic E-state index is 13.6. The number of aldehydes is 1. The molecule has 4 N–H and O–H groups in total. The number of hydrogen-bond acceptors (Lipinski definition) is 7. The molecular weight excluding hydrogens is 498 g/mol. The molecule has 3 saturated heterocycles. The predicted molar refractivity (Wildman–Crippen MR) is 139 cm³/mol. The summed E-state index contributed by atoms with van der Waals surface area (Å²) >= 11 is 0. The van der Waals surface area contributed by atoms with Gasteiger partial charge in [0.05, 0.1) is 6.26 Å². The Labute approximate surface area is 217 Å². The Morgan fingerprint density at radius 3 is 2.22 bits per heavy atom. The molecule has 202 valence electrons. The molecule has 13 heteroatoms. The van der Waals surface area contributed by atoms with Gasteiger partial charge in [-0.05, 0) is 43.5 Å². The molecule has 0 bridgehead atoms. The van der Waals surface area contributed by atoms with Gasteiger partial charge in [0.1, 0.15) is 12.3 Å². The number of carbonyl (C=O) groups is 3. The molecule has 1 aromatic rings. The largest absolute Gasteiger partial charge is 0.370 e. The molecule has 4 rings (SSSR count). The van der Waals surface area contributed by atoms with Crippen molar-refractivity contribution in [3.05, 3.63) is 29.8 Å². The Morgan fingerprint density at radius 1 is 1.05 bits per heavy atom. The first-order chi connectivity index (χ1) is 17.6. The van der Waals surface area contributed by atoms with E-state index in [1.165, 1.54) is 10.6 Å². The molecule has 0 spiro atoms. The number of benzene rings is 1. The number of carbonyl (C=O) groups excluding carboxylic acids is 3. The topological polar surface area (TPSA) is 160 Å². The molecule has 3 aliphatic rings. The minimum Gasteiger partial charge on any atom is -0.370 e. The Morgan fingerprint density at radius 2 is 1.68 bits per heavy atom. The molecule has 12 nitrogen and oxygen atoms in total. The lowest BCUT2D eigenvalue weighted by Crippen LogP contribution is -2.52. The SMILES string of the molecule is CS(=O)(=O)N1CCN([C@H]2C[C@@H](C(=O)Nc3ccc(C=O)cc3)N(C(=O)C3CCN(C(=N)N)CC3)C2)CC1. The summed E-state index contributed by atoms with van der Waals surface area (Å²) in [5.74, 6) is -0.612. The molecule has 0 radical (unpaired) electrons. The van der Waals surface area contributed by atoms with Gasteiger partial charge in [0, 0.05) is 69.0 Å². The number of anilines is 1. The van der Waals surface area contributed by atoms with Gasteiger partial charge >= 0.3 is 0 Å². The molecule has 0 aliphatic carbocycles. The number of piperidine rings is 1. The molecule has 37 heavy (non-hydrogen) atoms. The fourth-order valence-corrected chi connectivity index (χ4v) is 6.27. The first kappa shape index (κ1) is 27.0. The average molecular weight is 534 g/mol. The molecule has 2 amide bonds. The highest BCUT2D eigenvalue weighted by atomic mass is 32.2. The Hall–Kier alpha value is -3.03. The molecule has 0 unspecified atom stereocenters. The Bertz CT molecular complexity index is 1130. The molecule has 0 saturated carbocycles. The summed E-state index contributed by atoms with van der Waals surface area (Å²) in [6.45, 7) is 3.29. The highest BCUT2D eigenvalue weighted by Crippen LogP contribution is 2.29. The van der Waals surface area contributed by atoms with E-state index < -0.39 is 16.1 Å². The minimum atomic E-state index is -3.26. The second-order valence-electron chi connectivity index (χ2n) is 9.97. The van der Waals surface area contributed by atoms with Crippen molar-refractivity contribution in [2.24, 2.45) is 11.7 Å². The number of guanidine groups is 1. The van der Waals surface area contributed by atoms with Gasteiger partial charge in [-0.2, -0.15) is 4.31 Å². The Kier molecular flexibility index (Phi) is 8.14. The third-order valence-electron chi connectivity index (χ3n) is 7.62. The van der Waals surface area contributed by atoms with E-state index in [-0.39, 0.29) is 29.7 Å². The number of nitrogens with zero attached hydrogens (tertiary/aromatic N) is 4. The first-order valence-electron chi connectivity index (χ1n) is 12.5. The lowest BCUT2D eigenvalue weighted by molar-refractivity contribution is -0.141. The van der Waals surface area contributed by atoms with Crippen LogP contribution in [0, 0.1) is 11.3 Å². The van der Waals surface area contributed by atoms with Crippen LogP contribution in [0.1, 0.15) is 29.6 Å². The van der Waals surface area contributed by atoms with Crippen LogP contribution >= 0.6 is 0 Å². The fourth-order valence-electron chi connectivity index (χ4n) is 5.44. The second kappa shape index (κ2) is 11.2. The highest BCUT2D eigenvalue weighted by Gasteiger charge is 2.44. The van der Waals surface area contributed by atoms with E-state index in [4.69, 9.17) is 11.1 Å². The van der Waals surface area contributed by atoms with Crippen LogP contribution in [-0.4, -0.2) is 116 Å². The number of hydrogen-bond donors (Lipinski definition) is 3. The van der Waals surface area contributed by atoms with Crippen LogP contribution in [0.5, 0.6) is 0 Å². The lowest BCUT2D eigenvalue weighted by atomic mass is 9.95. The van der Waals surface area contributed by atoms with Crippen molar-refractivity contribution < 1.29 is 22.8 Å². The van der Waals surface area contributed by atoms with Crippen molar-refractivity contribution in [3.63, 3.8) is 0 Å². The smallest absolute Gasteiger partial charge is 0.247 e. The van der Waals surface area contributed by atoms with E-state index in [1.54, 1.807) is 34.1 Å². The summed E-state index contributed by atoms with van der Waals surface area (Å²) in [5.41, 5.74) is 6.64. The number of rotatable bonds is 6. The molecule has 2 atom stereocenters. The van der Waals surface area contributed by atoms with E-state index in [0.717, 1.165) is 6.29 Å². The van der Waals surface area contributed by atoms with Crippen molar-refractivity contribution in [3.8, 4) is 0 Å². The van der Waals surface area contributed by atoms with E-state index in [2.05, 4.69) is 10.2 Å². The van der Waals surface area contributed by atoms with Gasteiger partial charge in [0.25, 0.3) is 0 Å². The van der Waals surface area contributed by atoms with Crippen LogP contribution in [0.15, 0.2) is 24.3 Å². The summed E-state index contributed by atoms with van der Waals surface area (Å²) in [7, 11) is -3.26. The van der Waals surface area contributed by atoms with Crippen molar-refractivity contribution in [1.29, 1.82) is 5.41 Å². The molecule has 3 fully saturated rings. The fraction of sp³-hybridized carbons (Fsp3) is 0.583. The van der Waals surface area contributed by atoms with Gasteiger partial charge in [-0.15, -0.1) is 0 Å². The predicted octanol–water partition coefficient (Wildman–Crippen LogP) is -0.410. The third kappa shape index (κ3) is 6.28. The second-order valence-corrected chi connectivity index (χ2v) is 12.0. The number of nitrogens with two attached hydrogens (primary N) is 1. The number of amides is 2. The van der Waals surface area contributed by atoms with Crippen LogP contribution in [0.3, 0.4) is 0 Å². The van der Waals surface area contributed by atoms with Gasteiger partial charge < -0.3 is 20.9 Å². The van der Waals surface area contributed by atoms with E-state index in [0.29, 0.717) is 76.3 Å². The zero-order chi connectivity index (χ0) is 26.7. The quantitative estimate of drug-likeness (QED) is 0.253. The number of likely N-dealkylation sites (tertiary alicyclic amines) is 2. The van der Waals surface area contributed by atoms with Gasteiger partial charge in [-0.3, -0.25) is 24.7 Å². The normalized spacial score (nSPS) is 24.1. The monoisotopic (exact) mass is 533 g/mol. The van der Waals surface area contributed by atoms with Gasteiger partial charge in [0.15, 0.2) is 5.96 Å². The van der Waals surface area contributed by atoms with E-state index in [9.17, 15) is 22.8 Å². The minimum absolute atomic E-state index is 0.00164. The summed E-state index contributed by atoms with van der Waals surface area (Å²) in [6, 6.07) is 5.82. The molecular formula is C24H35N7O5S. The number of nitrogens with one attached hydrogen (secondary N) is 2. The van der Waals surface area contributed by atoms with Crippen LogP contribution < -0.4 is 11.1 Å². The standard InChI is InChI=1S/C24H35N7O5S/c1-37(35,36)30-12-10-28(11-13-30)20-14-21(22(33)27-19-4-2-17(16-32)3-5-19)31(15-20)23(34)18-6-8-29(9-7-18)24(25)26/h2-5,16,18,20-21H,6-15H2,1H3,(H3,25,26)(H,27,33)/t20-,21-/m0/s1. The number of piperazine rings is 1. The maximum Gasteiger partial charge on any atom is 0.247 e. The zero-order valence-corrected chi connectivity index (χ0v) is 21.8. The highest BCUT2D eigenvalue weighted by molar-refractivity contribution is 7.88. The van der Waals surface area contributed by atoms with Gasteiger partial charge in [-0.25, -0.2) is 8.42 Å². The Balaban J connectivity index is 1.47. The van der Waals surface area contributed by atoms with Gasteiger partial charge in [-0.1, -0.05) is 0 Å².